The van der Waals surface area contributed by atoms with Gasteiger partial charge in [-0.05, 0) is 37.3 Å². The Labute approximate surface area is 157 Å². The molecule has 0 unspecified atom stereocenters. The number of rotatable bonds is 4. The van der Waals surface area contributed by atoms with Crippen LogP contribution in [-0.2, 0) is 27.8 Å². The van der Waals surface area contributed by atoms with Gasteiger partial charge in [0.25, 0.3) is 0 Å². The Morgan fingerprint density at radius 1 is 1.08 bits per heavy atom. The highest BCUT2D eigenvalue weighted by Crippen LogP contribution is 2.27. The smallest absolute Gasteiger partial charge is 0.239 e. The van der Waals surface area contributed by atoms with Crippen LogP contribution in [0.2, 0.25) is 0 Å². The Hall–Kier alpha value is -1.40. The Bertz CT molecular complexity index is 724. The van der Waals surface area contributed by atoms with Crippen molar-refractivity contribution in [2.24, 2.45) is 0 Å². The van der Waals surface area contributed by atoms with Gasteiger partial charge in [-0.15, -0.1) is 0 Å². The van der Waals surface area contributed by atoms with Crippen molar-refractivity contribution in [1.82, 2.24) is 9.62 Å². The molecule has 1 amide bonds. The molecule has 26 heavy (non-hydrogen) atoms. The Morgan fingerprint density at radius 3 is 2.35 bits per heavy atom. The zero-order chi connectivity index (χ0) is 18.6. The van der Waals surface area contributed by atoms with Crippen LogP contribution in [0.3, 0.4) is 0 Å². The molecule has 6 heteroatoms. The van der Waals surface area contributed by atoms with Crippen LogP contribution >= 0.6 is 0 Å². The van der Waals surface area contributed by atoms with E-state index in [1.165, 1.54) is 23.6 Å². The van der Waals surface area contributed by atoms with Crippen LogP contribution in [0.15, 0.2) is 24.3 Å². The molecule has 1 fully saturated rings. The summed E-state index contributed by atoms with van der Waals surface area (Å²) in [4.78, 5) is 13.0. The van der Waals surface area contributed by atoms with Crippen LogP contribution in [0, 0.1) is 0 Å². The summed E-state index contributed by atoms with van der Waals surface area (Å²) in [7, 11) is -3.44. The number of amides is 1. The molecule has 1 aromatic rings. The monoisotopic (exact) mass is 378 g/mol. The molecule has 0 spiro atoms. The zero-order valence-corrected chi connectivity index (χ0v) is 16.4. The van der Waals surface area contributed by atoms with Gasteiger partial charge in [0, 0.05) is 12.6 Å². The maximum absolute atomic E-state index is 13.0. The van der Waals surface area contributed by atoms with Crippen molar-refractivity contribution in [1.29, 1.82) is 0 Å². The van der Waals surface area contributed by atoms with Gasteiger partial charge < -0.3 is 5.32 Å². The number of carbonyl (C=O) groups excluding carboxylic acids is 1. The molecule has 0 saturated heterocycles. The molecule has 2 aliphatic rings. The highest BCUT2D eigenvalue weighted by atomic mass is 32.2. The normalized spacial score (nSPS) is 22.9. The van der Waals surface area contributed by atoms with Crippen LogP contribution < -0.4 is 5.32 Å². The van der Waals surface area contributed by atoms with Crippen molar-refractivity contribution in [2.45, 2.75) is 76.9 Å². The number of fused-ring (bicyclic) bond motifs is 1. The fraction of sp³-hybridized carbons (Fsp3) is 0.650. The maximum Gasteiger partial charge on any atom is 0.239 e. The van der Waals surface area contributed by atoms with Gasteiger partial charge in [-0.3, -0.25) is 4.79 Å². The van der Waals surface area contributed by atoms with Gasteiger partial charge in [0.2, 0.25) is 15.9 Å². The predicted molar refractivity (Wildman–Crippen MR) is 103 cm³/mol. The molecule has 1 atom stereocenters. The summed E-state index contributed by atoms with van der Waals surface area (Å²) in [5.41, 5.74) is 2.08. The number of hydrogen-bond acceptors (Lipinski definition) is 3. The number of hydrogen-bond donors (Lipinski definition) is 1. The Balaban J connectivity index is 1.79. The van der Waals surface area contributed by atoms with Crippen LogP contribution in [0.4, 0.5) is 0 Å². The summed E-state index contributed by atoms with van der Waals surface area (Å²) in [5, 5.41) is 3.17. The molecule has 3 rings (SSSR count). The first kappa shape index (κ1) is 19.4. The first-order chi connectivity index (χ1) is 12.5. The average Bonchev–Trinajstić information content (AvgIpc) is 2.62. The zero-order valence-electron chi connectivity index (χ0n) is 15.6. The molecule has 0 radical (unpaired) electrons. The SMILES string of the molecule is CCS(=O)(=O)N1Cc2ccccc2C[C@H]1C(=O)NC1CCCCCCC1. The molecule has 144 valence electrons. The van der Waals surface area contributed by atoms with Gasteiger partial charge >= 0.3 is 0 Å². The van der Waals surface area contributed by atoms with Gasteiger partial charge in [-0.2, -0.15) is 4.31 Å². The summed E-state index contributed by atoms with van der Waals surface area (Å²) in [6, 6.07) is 7.36. The summed E-state index contributed by atoms with van der Waals surface area (Å²) in [5.74, 6) is -0.121. The minimum atomic E-state index is -3.44. The molecule has 1 heterocycles. The number of benzene rings is 1. The van der Waals surface area contributed by atoms with E-state index < -0.39 is 16.1 Å². The maximum atomic E-state index is 13.0. The molecule has 0 bridgehead atoms. The van der Waals surface area contributed by atoms with Crippen molar-refractivity contribution in [2.75, 3.05) is 5.75 Å². The van der Waals surface area contributed by atoms with Crippen LogP contribution in [0.5, 0.6) is 0 Å². The van der Waals surface area contributed by atoms with Gasteiger partial charge in [0.1, 0.15) is 6.04 Å². The average molecular weight is 379 g/mol. The van der Waals surface area contributed by atoms with E-state index in [0.717, 1.165) is 36.8 Å². The topological polar surface area (TPSA) is 66.5 Å². The molecule has 1 aromatic carbocycles. The minimum Gasteiger partial charge on any atom is -0.352 e. The molecule has 1 N–H and O–H groups in total. The third-order valence-electron chi connectivity index (χ3n) is 5.68. The standard InChI is InChI=1S/C20H30N2O3S/c1-2-26(24,25)22-15-17-11-9-8-10-16(17)14-19(22)20(23)21-18-12-6-4-3-5-7-13-18/h8-11,18-19H,2-7,12-15H2,1H3,(H,21,23)/t19-/m0/s1. The first-order valence-electron chi connectivity index (χ1n) is 9.88. The molecule has 1 aliphatic carbocycles. The number of sulfonamides is 1. The quantitative estimate of drug-likeness (QED) is 0.876. The lowest BCUT2D eigenvalue weighted by Crippen LogP contribution is -2.54. The number of nitrogens with zero attached hydrogens (tertiary/aromatic N) is 1. The van der Waals surface area contributed by atoms with E-state index >= 15 is 0 Å². The number of carbonyl (C=O) groups is 1. The molecular formula is C20H30N2O3S. The van der Waals surface area contributed by atoms with Gasteiger partial charge in [-0.1, -0.05) is 56.4 Å². The van der Waals surface area contributed by atoms with Crippen molar-refractivity contribution in [3.63, 3.8) is 0 Å². The molecule has 1 aliphatic heterocycles. The lowest BCUT2D eigenvalue weighted by atomic mass is 9.94. The Kier molecular flexibility index (Phi) is 6.35. The molecule has 0 aromatic heterocycles. The van der Waals surface area contributed by atoms with E-state index in [1.54, 1.807) is 6.92 Å². The molecule has 1 saturated carbocycles. The summed E-state index contributed by atoms with van der Waals surface area (Å²) < 4.78 is 26.6. The predicted octanol–water partition coefficient (Wildman–Crippen LogP) is 2.99. The largest absolute Gasteiger partial charge is 0.352 e. The first-order valence-corrected chi connectivity index (χ1v) is 11.5. The van der Waals surface area contributed by atoms with E-state index in [2.05, 4.69) is 5.32 Å². The molecule has 5 nitrogen and oxygen atoms in total. The third kappa shape index (κ3) is 4.46. The van der Waals surface area contributed by atoms with E-state index in [0.29, 0.717) is 6.42 Å². The summed E-state index contributed by atoms with van der Waals surface area (Å²) >= 11 is 0. The highest BCUT2D eigenvalue weighted by molar-refractivity contribution is 7.89. The van der Waals surface area contributed by atoms with Crippen LogP contribution in [0.1, 0.15) is 63.0 Å². The van der Waals surface area contributed by atoms with Gasteiger partial charge in [0.05, 0.1) is 5.75 Å². The lowest BCUT2D eigenvalue weighted by Gasteiger charge is -2.35. The second-order valence-electron chi connectivity index (χ2n) is 7.49. The van der Waals surface area contributed by atoms with E-state index in [-0.39, 0.29) is 24.2 Å². The summed E-state index contributed by atoms with van der Waals surface area (Å²) in [6.07, 6.45) is 8.44. The Morgan fingerprint density at radius 2 is 1.69 bits per heavy atom. The van der Waals surface area contributed by atoms with E-state index in [9.17, 15) is 13.2 Å². The fourth-order valence-electron chi connectivity index (χ4n) is 4.08. The van der Waals surface area contributed by atoms with Crippen molar-refractivity contribution in [3.05, 3.63) is 35.4 Å². The van der Waals surface area contributed by atoms with Crippen molar-refractivity contribution >= 4 is 15.9 Å². The second kappa shape index (κ2) is 8.53. The van der Waals surface area contributed by atoms with Crippen molar-refractivity contribution in [3.8, 4) is 0 Å². The van der Waals surface area contributed by atoms with E-state index in [1.807, 2.05) is 24.3 Å². The molecular weight excluding hydrogens is 348 g/mol. The number of nitrogens with one attached hydrogen (secondary N) is 1. The van der Waals surface area contributed by atoms with E-state index in [4.69, 9.17) is 0 Å². The minimum absolute atomic E-state index is 0.0162. The summed E-state index contributed by atoms with van der Waals surface area (Å²) in [6.45, 7) is 1.93. The van der Waals surface area contributed by atoms with Gasteiger partial charge in [0.15, 0.2) is 0 Å². The van der Waals surface area contributed by atoms with Gasteiger partial charge in [-0.25, -0.2) is 8.42 Å². The second-order valence-corrected chi connectivity index (χ2v) is 9.70. The third-order valence-corrected chi connectivity index (χ3v) is 7.51. The van der Waals surface area contributed by atoms with Crippen LogP contribution in [0.25, 0.3) is 0 Å². The fourth-order valence-corrected chi connectivity index (χ4v) is 5.30. The van der Waals surface area contributed by atoms with Crippen molar-refractivity contribution < 1.29 is 13.2 Å². The lowest BCUT2D eigenvalue weighted by molar-refractivity contribution is -0.126. The highest BCUT2D eigenvalue weighted by Gasteiger charge is 2.38. The van der Waals surface area contributed by atoms with Crippen LogP contribution in [-0.4, -0.2) is 36.5 Å².